The van der Waals surface area contributed by atoms with Crippen molar-refractivity contribution in [1.29, 1.82) is 0 Å². The molecule has 1 atom stereocenters. The number of benzene rings is 1. The van der Waals surface area contributed by atoms with Gasteiger partial charge in [0.05, 0.1) is 19.7 Å². The third-order valence-electron chi connectivity index (χ3n) is 2.86. The van der Waals surface area contributed by atoms with Crippen LogP contribution >= 0.6 is 0 Å². The Hall–Kier alpha value is -1.36. The Morgan fingerprint density at radius 1 is 1.24 bits per heavy atom. The van der Waals surface area contributed by atoms with Crippen LogP contribution in [0.1, 0.15) is 0 Å². The van der Waals surface area contributed by atoms with Crippen LogP contribution in [0.25, 0.3) is 10.9 Å². The molecule has 1 unspecified atom stereocenters. The number of nitrogens with two attached hydrogens (primary N) is 1. The van der Waals surface area contributed by atoms with Gasteiger partial charge in [-0.2, -0.15) is 0 Å². The quantitative estimate of drug-likeness (QED) is 0.594. The molecular weight excluding hydrogens is 216 g/mol. The third kappa shape index (κ3) is 3.06. The number of quaternary nitrogens is 1. The van der Waals surface area contributed by atoms with Crippen LogP contribution in [0.4, 0.5) is 0 Å². The van der Waals surface area contributed by atoms with Gasteiger partial charge in [0.15, 0.2) is 0 Å². The van der Waals surface area contributed by atoms with Crippen LogP contribution < -0.4 is 5.32 Å². The fraction of sp³-hybridized carbons (Fsp3) is 0.385. The van der Waals surface area contributed by atoms with Crippen molar-refractivity contribution in [3.05, 3.63) is 36.5 Å². The number of rotatable bonds is 6. The summed E-state index contributed by atoms with van der Waals surface area (Å²) in [5.74, 6) is 0. The van der Waals surface area contributed by atoms with Crippen LogP contribution in [0.3, 0.4) is 0 Å². The Balaban J connectivity index is 1.98. The Kier molecular flexibility index (Phi) is 4.14. The Morgan fingerprint density at radius 3 is 2.88 bits per heavy atom. The van der Waals surface area contributed by atoms with E-state index in [0.29, 0.717) is 19.6 Å². The van der Waals surface area contributed by atoms with Crippen molar-refractivity contribution in [2.75, 3.05) is 19.7 Å². The Labute approximate surface area is 100 Å². The minimum atomic E-state index is -0.391. The summed E-state index contributed by atoms with van der Waals surface area (Å²) >= 11 is 0. The number of aromatic nitrogens is 1. The molecule has 0 saturated carbocycles. The molecule has 4 nitrogen and oxygen atoms in total. The summed E-state index contributed by atoms with van der Waals surface area (Å²) in [6.07, 6.45) is 1.61. The van der Waals surface area contributed by atoms with Crippen molar-refractivity contribution < 1.29 is 15.5 Å². The molecule has 1 aromatic heterocycles. The molecule has 0 amide bonds. The second kappa shape index (κ2) is 5.82. The lowest BCUT2D eigenvalue weighted by Gasteiger charge is -2.11. The van der Waals surface area contributed by atoms with E-state index in [-0.39, 0.29) is 6.61 Å². The zero-order chi connectivity index (χ0) is 12.1. The maximum absolute atomic E-state index is 9.87. The molecule has 0 saturated heterocycles. The van der Waals surface area contributed by atoms with Gasteiger partial charge in [-0.25, -0.2) is 0 Å². The molecule has 2 rings (SSSR count). The summed E-state index contributed by atoms with van der Waals surface area (Å²) in [7, 11) is 0. The first-order chi connectivity index (χ1) is 8.31. The zero-order valence-corrected chi connectivity index (χ0v) is 9.79. The number of hydrogen-bond acceptors (Lipinski definition) is 2. The molecule has 0 bridgehead atoms. The van der Waals surface area contributed by atoms with Crippen LogP contribution in [0.2, 0.25) is 0 Å². The number of hydrogen-bond donors (Lipinski definition) is 3. The van der Waals surface area contributed by atoms with E-state index in [0.717, 1.165) is 5.52 Å². The average molecular weight is 235 g/mol. The van der Waals surface area contributed by atoms with Gasteiger partial charge in [-0.05, 0) is 17.5 Å². The van der Waals surface area contributed by atoms with E-state index in [1.165, 1.54) is 5.39 Å². The lowest BCUT2D eigenvalue weighted by molar-refractivity contribution is -0.662. The van der Waals surface area contributed by atoms with Gasteiger partial charge in [0, 0.05) is 11.7 Å². The van der Waals surface area contributed by atoms with Crippen molar-refractivity contribution >= 4 is 10.9 Å². The molecule has 4 N–H and O–H groups in total. The lowest BCUT2D eigenvalue weighted by Crippen LogP contribution is -2.87. The third-order valence-corrected chi connectivity index (χ3v) is 2.86. The van der Waals surface area contributed by atoms with Gasteiger partial charge in [0.25, 0.3) is 0 Å². The van der Waals surface area contributed by atoms with Gasteiger partial charge in [-0.15, -0.1) is 0 Å². The predicted molar refractivity (Wildman–Crippen MR) is 66.7 cm³/mol. The van der Waals surface area contributed by atoms with Gasteiger partial charge in [-0.1, -0.05) is 18.2 Å². The van der Waals surface area contributed by atoms with Crippen molar-refractivity contribution in [2.24, 2.45) is 0 Å². The minimum absolute atomic E-state index is 0.152. The van der Waals surface area contributed by atoms with Gasteiger partial charge in [0.2, 0.25) is 0 Å². The summed E-state index contributed by atoms with van der Waals surface area (Å²) < 4.78 is 2.06. The highest BCUT2D eigenvalue weighted by Gasteiger charge is 2.08. The molecule has 0 aliphatic rings. The van der Waals surface area contributed by atoms with Gasteiger partial charge >= 0.3 is 0 Å². The van der Waals surface area contributed by atoms with Crippen molar-refractivity contribution in [1.82, 2.24) is 4.57 Å². The van der Waals surface area contributed by atoms with E-state index >= 15 is 0 Å². The minimum Gasteiger partial charge on any atom is -0.391 e. The Morgan fingerprint density at radius 2 is 2.06 bits per heavy atom. The molecule has 4 heteroatoms. The van der Waals surface area contributed by atoms with Crippen molar-refractivity contribution in [2.45, 2.75) is 12.6 Å². The number of aliphatic hydroxyl groups is 2. The number of para-hydroxylation sites is 1. The van der Waals surface area contributed by atoms with E-state index in [2.05, 4.69) is 22.8 Å². The van der Waals surface area contributed by atoms with Crippen LogP contribution in [-0.4, -0.2) is 40.6 Å². The van der Waals surface area contributed by atoms with Crippen LogP contribution in [0.15, 0.2) is 36.5 Å². The van der Waals surface area contributed by atoms with Gasteiger partial charge in [-0.3, -0.25) is 0 Å². The Bertz CT molecular complexity index is 467. The summed E-state index contributed by atoms with van der Waals surface area (Å²) in [5, 5.41) is 21.7. The molecular formula is C13H19N2O2+. The second-order valence-electron chi connectivity index (χ2n) is 4.22. The number of nitrogens with zero attached hydrogens (tertiary/aromatic N) is 1. The van der Waals surface area contributed by atoms with E-state index in [4.69, 9.17) is 5.11 Å². The molecule has 0 fully saturated rings. The highest BCUT2D eigenvalue weighted by molar-refractivity contribution is 5.79. The lowest BCUT2D eigenvalue weighted by atomic mass is 10.2. The first-order valence-corrected chi connectivity index (χ1v) is 5.95. The molecule has 0 aliphatic carbocycles. The first-order valence-electron chi connectivity index (χ1n) is 5.95. The van der Waals surface area contributed by atoms with Crippen LogP contribution in [-0.2, 0) is 6.54 Å². The summed E-state index contributed by atoms with van der Waals surface area (Å²) in [6, 6.07) is 10.2. The molecule has 0 aliphatic heterocycles. The van der Waals surface area contributed by atoms with E-state index in [1.807, 2.05) is 23.6 Å². The average Bonchev–Trinajstić information content (AvgIpc) is 2.73. The fourth-order valence-corrected chi connectivity index (χ4v) is 2.00. The fourth-order valence-electron chi connectivity index (χ4n) is 2.00. The maximum Gasteiger partial charge on any atom is 0.121 e. The van der Waals surface area contributed by atoms with E-state index in [9.17, 15) is 5.11 Å². The van der Waals surface area contributed by atoms with E-state index < -0.39 is 6.10 Å². The SMILES string of the molecule is OCC[NH2+]CC(O)Cn1ccc2ccccc21. The highest BCUT2D eigenvalue weighted by Crippen LogP contribution is 2.15. The van der Waals surface area contributed by atoms with Crippen molar-refractivity contribution in [3.8, 4) is 0 Å². The molecule has 2 aromatic rings. The number of aliphatic hydroxyl groups excluding tert-OH is 2. The predicted octanol–water partition coefficient (Wildman–Crippen LogP) is -0.442. The molecule has 0 radical (unpaired) electrons. The molecule has 92 valence electrons. The summed E-state index contributed by atoms with van der Waals surface area (Å²) in [6.45, 7) is 2.01. The standard InChI is InChI=1S/C13H18N2O2/c16-8-6-14-9-12(17)10-15-7-5-11-3-1-2-4-13(11)15/h1-5,7,12,14,16-17H,6,8-10H2/p+1. The smallest absolute Gasteiger partial charge is 0.121 e. The van der Waals surface area contributed by atoms with Crippen LogP contribution in [0.5, 0.6) is 0 Å². The maximum atomic E-state index is 9.87. The van der Waals surface area contributed by atoms with E-state index in [1.54, 1.807) is 0 Å². The molecule has 0 spiro atoms. The van der Waals surface area contributed by atoms with Gasteiger partial charge < -0.3 is 20.1 Å². The molecule has 1 heterocycles. The van der Waals surface area contributed by atoms with Gasteiger partial charge in [0.1, 0.15) is 12.6 Å². The monoisotopic (exact) mass is 235 g/mol. The highest BCUT2D eigenvalue weighted by atomic mass is 16.3. The summed E-state index contributed by atoms with van der Waals surface area (Å²) in [5.41, 5.74) is 1.15. The second-order valence-corrected chi connectivity index (χ2v) is 4.22. The normalized spacial score (nSPS) is 13.1. The molecule has 1 aromatic carbocycles. The molecule has 17 heavy (non-hydrogen) atoms. The number of fused-ring (bicyclic) bond motifs is 1. The largest absolute Gasteiger partial charge is 0.391 e. The van der Waals surface area contributed by atoms with Crippen LogP contribution in [0, 0.1) is 0 Å². The zero-order valence-electron chi connectivity index (χ0n) is 9.79. The van der Waals surface area contributed by atoms with Crippen molar-refractivity contribution in [3.63, 3.8) is 0 Å². The topological polar surface area (TPSA) is 62.0 Å². The summed E-state index contributed by atoms with van der Waals surface area (Å²) in [4.78, 5) is 0. The first kappa shape index (κ1) is 12.1.